The minimum atomic E-state index is 0.0184. The van der Waals surface area contributed by atoms with E-state index in [1.165, 1.54) is 11.3 Å². The highest BCUT2D eigenvalue weighted by Crippen LogP contribution is 2.36. The summed E-state index contributed by atoms with van der Waals surface area (Å²) in [6.07, 6.45) is 0. The first kappa shape index (κ1) is 10.8. The van der Waals surface area contributed by atoms with Crippen LogP contribution in [0.5, 0.6) is 17.4 Å². The van der Waals surface area contributed by atoms with Crippen LogP contribution in [0.4, 0.5) is 0 Å². The zero-order valence-electron chi connectivity index (χ0n) is 8.93. The predicted octanol–water partition coefficient (Wildman–Crippen LogP) is 2.53. The number of thiazole rings is 1. The molecule has 1 aromatic carbocycles. The number of ether oxygens (including phenoxy) is 2. The Bertz CT molecular complexity index is 496. The van der Waals surface area contributed by atoms with Crippen LogP contribution < -0.4 is 9.47 Å². The Morgan fingerprint density at radius 1 is 1.25 bits per heavy atom. The number of rotatable bonds is 3. The fraction of sp³-hybridized carbons (Fsp3) is 0.182. The summed E-state index contributed by atoms with van der Waals surface area (Å²) >= 11 is 1.35. The van der Waals surface area contributed by atoms with Crippen molar-refractivity contribution in [3.8, 4) is 28.0 Å². The predicted molar refractivity (Wildman–Crippen MR) is 62.3 cm³/mol. The van der Waals surface area contributed by atoms with Crippen molar-refractivity contribution in [1.82, 2.24) is 4.98 Å². The van der Waals surface area contributed by atoms with Gasteiger partial charge in [0.25, 0.3) is 0 Å². The van der Waals surface area contributed by atoms with Crippen LogP contribution in [0.25, 0.3) is 10.6 Å². The van der Waals surface area contributed by atoms with Crippen LogP contribution in [0, 0.1) is 0 Å². The van der Waals surface area contributed by atoms with Gasteiger partial charge in [-0.05, 0) is 18.2 Å². The summed E-state index contributed by atoms with van der Waals surface area (Å²) in [6.45, 7) is 0. The second kappa shape index (κ2) is 4.40. The van der Waals surface area contributed by atoms with Crippen molar-refractivity contribution >= 4 is 11.3 Å². The van der Waals surface area contributed by atoms with Crippen molar-refractivity contribution in [2.45, 2.75) is 0 Å². The molecule has 1 aromatic heterocycles. The molecule has 4 nitrogen and oxygen atoms in total. The van der Waals surface area contributed by atoms with Gasteiger partial charge in [0.2, 0.25) is 5.88 Å². The number of hydrogen-bond acceptors (Lipinski definition) is 5. The fourth-order valence-electron chi connectivity index (χ4n) is 1.37. The molecule has 0 saturated carbocycles. The van der Waals surface area contributed by atoms with E-state index in [0.717, 1.165) is 11.3 Å². The van der Waals surface area contributed by atoms with Crippen LogP contribution in [-0.4, -0.2) is 24.3 Å². The Balaban J connectivity index is 2.52. The van der Waals surface area contributed by atoms with Crippen molar-refractivity contribution in [1.29, 1.82) is 0 Å². The average Bonchev–Trinajstić information content (AvgIpc) is 2.75. The topological polar surface area (TPSA) is 51.6 Å². The van der Waals surface area contributed by atoms with Crippen molar-refractivity contribution < 1.29 is 14.6 Å². The van der Waals surface area contributed by atoms with Crippen molar-refractivity contribution in [2.75, 3.05) is 14.2 Å². The minimum Gasteiger partial charge on any atom is -0.497 e. The van der Waals surface area contributed by atoms with E-state index >= 15 is 0 Å². The lowest BCUT2D eigenvalue weighted by Gasteiger charge is -2.07. The number of methoxy groups -OCH3 is 2. The Labute approximate surface area is 97.1 Å². The summed E-state index contributed by atoms with van der Waals surface area (Å²) in [5, 5.41) is 11.5. The standard InChI is InChI=1S/C11H11NO3S/c1-14-7-3-4-9(15-2)8(5-7)11-12-10(13)6-16-11/h3-6,13H,1-2H3. The Kier molecular flexibility index (Phi) is 2.96. The van der Waals surface area contributed by atoms with Crippen LogP contribution in [0.15, 0.2) is 23.6 Å². The van der Waals surface area contributed by atoms with Gasteiger partial charge in [0.15, 0.2) is 0 Å². The van der Waals surface area contributed by atoms with Crippen molar-refractivity contribution in [3.63, 3.8) is 0 Å². The van der Waals surface area contributed by atoms with Crippen LogP contribution in [-0.2, 0) is 0 Å². The molecule has 5 heteroatoms. The fourth-order valence-corrected chi connectivity index (χ4v) is 2.07. The summed E-state index contributed by atoms with van der Waals surface area (Å²) < 4.78 is 10.4. The lowest BCUT2D eigenvalue weighted by molar-refractivity contribution is 0.404. The third kappa shape index (κ3) is 1.94. The van der Waals surface area contributed by atoms with Crippen LogP contribution in [0.3, 0.4) is 0 Å². The zero-order chi connectivity index (χ0) is 11.5. The third-order valence-corrected chi connectivity index (χ3v) is 2.99. The molecule has 0 spiro atoms. The molecule has 0 bridgehead atoms. The highest BCUT2D eigenvalue weighted by Gasteiger charge is 2.11. The average molecular weight is 237 g/mol. The van der Waals surface area contributed by atoms with Crippen LogP contribution in [0.1, 0.15) is 0 Å². The van der Waals surface area contributed by atoms with Gasteiger partial charge in [-0.3, -0.25) is 0 Å². The monoisotopic (exact) mass is 237 g/mol. The molecule has 0 unspecified atom stereocenters. The number of hydrogen-bond donors (Lipinski definition) is 1. The molecular formula is C11H11NO3S. The largest absolute Gasteiger partial charge is 0.497 e. The van der Waals surface area contributed by atoms with E-state index < -0.39 is 0 Å². The van der Waals surface area contributed by atoms with Gasteiger partial charge in [-0.25, -0.2) is 4.98 Å². The van der Waals surface area contributed by atoms with Gasteiger partial charge in [0.05, 0.1) is 25.2 Å². The minimum absolute atomic E-state index is 0.0184. The van der Waals surface area contributed by atoms with E-state index in [1.807, 2.05) is 18.2 Å². The highest BCUT2D eigenvalue weighted by molar-refractivity contribution is 7.13. The summed E-state index contributed by atoms with van der Waals surface area (Å²) in [7, 11) is 3.20. The molecule has 0 radical (unpaired) electrons. The van der Waals surface area contributed by atoms with Gasteiger partial charge in [0, 0.05) is 0 Å². The van der Waals surface area contributed by atoms with E-state index in [-0.39, 0.29) is 5.88 Å². The van der Waals surface area contributed by atoms with Crippen molar-refractivity contribution in [2.24, 2.45) is 0 Å². The molecule has 1 N–H and O–H groups in total. The lowest BCUT2D eigenvalue weighted by atomic mass is 10.2. The molecule has 0 amide bonds. The van der Waals surface area contributed by atoms with Crippen LogP contribution >= 0.6 is 11.3 Å². The second-order valence-corrected chi connectivity index (χ2v) is 3.94. The molecule has 0 atom stereocenters. The van der Waals surface area contributed by atoms with Gasteiger partial charge in [0.1, 0.15) is 16.5 Å². The Morgan fingerprint density at radius 2 is 2.06 bits per heavy atom. The molecule has 84 valence electrons. The summed E-state index contributed by atoms with van der Waals surface area (Å²) in [4.78, 5) is 4.00. The van der Waals surface area contributed by atoms with Gasteiger partial charge in [-0.1, -0.05) is 0 Å². The summed E-state index contributed by atoms with van der Waals surface area (Å²) in [5.74, 6) is 1.45. The molecule has 2 aromatic rings. The van der Waals surface area contributed by atoms with Gasteiger partial charge in [-0.15, -0.1) is 11.3 Å². The van der Waals surface area contributed by atoms with E-state index in [2.05, 4.69) is 4.98 Å². The number of aromatic nitrogens is 1. The normalized spacial score (nSPS) is 10.1. The molecule has 16 heavy (non-hydrogen) atoms. The van der Waals surface area contributed by atoms with Gasteiger partial charge >= 0.3 is 0 Å². The first-order chi connectivity index (χ1) is 7.74. The van der Waals surface area contributed by atoms with Crippen LogP contribution in [0.2, 0.25) is 0 Å². The molecular weight excluding hydrogens is 226 g/mol. The van der Waals surface area contributed by atoms with E-state index in [4.69, 9.17) is 9.47 Å². The smallest absolute Gasteiger partial charge is 0.222 e. The molecule has 2 rings (SSSR count). The van der Waals surface area contributed by atoms with Crippen molar-refractivity contribution in [3.05, 3.63) is 23.6 Å². The zero-order valence-corrected chi connectivity index (χ0v) is 9.75. The number of aromatic hydroxyl groups is 1. The SMILES string of the molecule is COc1ccc(OC)c(-c2nc(O)cs2)c1. The number of nitrogens with zero attached hydrogens (tertiary/aromatic N) is 1. The summed E-state index contributed by atoms with van der Waals surface area (Å²) in [6, 6.07) is 5.46. The van der Waals surface area contributed by atoms with E-state index in [0.29, 0.717) is 10.8 Å². The molecule has 0 saturated heterocycles. The molecule has 1 heterocycles. The first-order valence-corrected chi connectivity index (χ1v) is 5.49. The Morgan fingerprint density at radius 3 is 2.62 bits per heavy atom. The van der Waals surface area contributed by atoms with E-state index in [9.17, 15) is 5.11 Å². The van der Waals surface area contributed by atoms with Gasteiger partial charge < -0.3 is 14.6 Å². The highest BCUT2D eigenvalue weighted by atomic mass is 32.1. The van der Waals surface area contributed by atoms with Gasteiger partial charge in [-0.2, -0.15) is 0 Å². The molecule has 0 aliphatic heterocycles. The summed E-state index contributed by atoms with van der Waals surface area (Å²) in [5.41, 5.74) is 0.812. The molecule has 0 aliphatic carbocycles. The number of benzene rings is 1. The molecule has 0 aliphatic rings. The maximum absolute atomic E-state index is 9.23. The molecule has 0 fully saturated rings. The second-order valence-electron chi connectivity index (χ2n) is 3.08. The maximum Gasteiger partial charge on any atom is 0.222 e. The maximum atomic E-state index is 9.23. The quantitative estimate of drug-likeness (QED) is 0.891. The third-order valence-electron chi connectivity index (χ3n) is 2.13. The first-order valence-electron chi connectivity index (χ1n) is 4.61. The Hall–Kier alpha value is -1.75. The van der Waals surface area contributed by atoms with E-state index in [1.54, 1.807) is 19.6 Å². The lowest BCUT2D eigenvalue weighted by Crippen LogP contribution is -1.89.